The Balaban J connectivity index is 1.78. The summed E-state index contributed by atoms with van der Waals surface area (Å²) in [4.78, 5) is 11.1. The number of carboxylic acids is 1. The van der Waals surface area contributed by atoms with Crippen LogP contribution in [0, 0.1) is 22.7 Å². The zero-order valence-electron chi connectivity index (χ0n) is 16.5. The minimum absolute atomic E-state index is 0.175. The van der Waals surface area contributed by atoms with E-state index in [1.807, 2.05) is 54.7 Å². The minimum Gasteiger partial charge on any atom is -0.478 e. The number of hydrogen-bond acceptors (Lipinski definition) is 3. The average Bonchev–Trinajstić information content (AvgIpc) is 3.15. The van der Waals surface area contributed by atoms with E-state index in [1.54, 1.807) is 18.2 Å². The molecule has 3 aromatic carbocycles. The summed E-state index contributed by atoms with van der Waals surface area (Å²) < 4.78 is 2.07. The van der Waals surface area contributed by atoms with Gasteiger partial charge in [-0.3, -0.25) is 0 Å². The highest BCUT2D eigenvalue weighted by Gasteiger charge is 2.11. The third-order valence-corrected chi connectivity index (χ3v) is 5.16. The van der Waals surface area contributed by atoms with Crippen LogP contribution < -0.4 is 0 Å². The number of para-hydroxylation sites is 1. The van der Waals surface area contributed by atoms with Crippen molar-refractivity contribution in [2.45, 2.75) is 6.54 Å². The predicted molar refractivity (Wildman–Crippen MR) is 119 cm³/mol. The highest BCUT2D eigenvalue weighted by atomic mass is 16.4. The zero-order chi connectivity index (χ0) is 21.8. The van der Waals surface area contributed by atoms with E-state index in [0.717, 1.165) is 22.0 Å². The summed E-state index contributed by atoms with van der Waals surface area (Å²) in [5, 5.41) is 29.2. The third kappa shape index (κ3) is 3.94. The molecule has 4 rings (SSSR count). The average molecular weight is 403 g/mol. The third-order valence-electron chi connectivity index (χ3n) is 5.16. The number of aromatic carboxylic acids is 1. The van der Waals surface area contributed by atoms with Crippen molar-refractivity contribution in [1.82, 2.24) is 4.57 Å². The summed E-state index contributed by atoms with van der Waals surface area (Å²) in [5.74, 6) is -1.00. The molecular formula is C26H17N3O2. The van der Waals surface area contributed by atoms with Crippen LogP contribution in [0.1, 0.15) is 32.6 Å². The number of allylic oxidation sites excluding steroid dienone is 1. The van der Waals surface area contributed by atoms with E-state index in [1.165, 1.54) is 12.1 Å². The SMILES string of the molecule is N#C/C(=C/c1cn(Cc2ccccc2C#N)c2ccccc12)c1ccc(C(=O)O)cc1. The Labute approximate surface area is 179 Å². The predicted octanol–water partition coefficient (Wildman–Crippen LogP) is 5.32. The van der Waals surface area contributed by atoms with Crippen LogP contribution in [0.4, 0.5) is 0 Å². The Morgan fingerprint density at radius 2 is 1.61 bits per heavy atom. The highest BCUT2D eigenvalue weighted by molar-refractivity contribution is 5.98. The smallest absolute Gasteiger partial charge is 0.335 e. The number of rotatable bonds is 5. The van der Waals surface area contributed by atoms with Crippen molar-refractivity contribution >= 4 is 28.5 Å². The molecule has 5 heteroatoms. The summed E-state index contributed by atoms with van der Waals surface area (Å²) in [7, 11) is 0. The molecule has 0 aliphatic rings. The van der Waals surface area contributed by atoms with Gasteiger partial charge in [0, 0.05) is 29.2 Å². The summed E-state index contributed by atoms with van der Waals surface area (Å²) in [5.41, 5.74) is 4.70. The minimum atomic E-state index is -1.00. The van der Waals surface area contributed by atoms with Crippen LogP contribution >= 0.6 is 0 Å². The van der Waals surface area contributed by atoms with Crippen molar-refractivity contribution in [3.63, 3.8) is 0 Å². The lowest BCUT2D eigenvalue weighted by Crippen LogP contribution is -2.00. The summed E-state index contributed by atoms with van der Waals surface area (Å²) >= 11 is 0. The number of carbonyl (C=O) groups is 1. The molecule has 0 saturated heterocycles. The monoisotopic (exact) mass is 403 g/mol. The molecule has 148 valence electrons. The topological polar surface area (TPSA) is 89.8 Å². The first-order valence-corrected chi connectivity index (χ1v) is 9.62. The Bertz CT molecular complexity index is 1400. The first kappa shape index (κ1) is 19.7. The van der Waals surface area contributed by atoms with Crippen LogP contribution in [-0.4, -0.2) is 15.6 Å². The van der Waals surface area contributed by atoms with Crippen molar-refractivity contribution in [3.8, 4) is 12.1 Å². The second-order valence-corrected chi connectivity index (χ2v) is 7.05. The molecule has 1 N–H and O–H groups in total. The Morgan fingerprint density at radius 1 is 0.935 bits per heavy atom. The summed E-state index contributed by atoms with van der Waals surface area (Å²) in [6.07, 6.45) is 3.78. The van der Waals surface area contributed by atoms with Crippen molar-refractivity contribution < 1.29 is 9.90 Å². The molecule has 4 aromatic rings. The van der Waals surface area contributed by atoms with Gasteiger partial charge in [-0.25, -0.2) is 4.79 Å². The lowest BCUT2D eigenvalue weighted by molar-refractivity contribution is 0.0697. The summed E-state index contributed by atoms with van der Waals surface area (Å²) in [6.45, 7) is 0.535. The molecule has 0 aliphatic carbocycles. The molecule has 0 fully saturated rings. The van der Waals surface area contributed by atoms with Gasteiger partial charge in [-0.1, -0.05) is 48.5 Å². The molecule has 0 saturated carbocycles. The van der Waals surface area contributed by atoms with Crippen LogP contribution in [0.2, 0.25) is 0 Å². The van der Waals surface area contributed by atoms with Gasteiger partial charge in [0.05, 0.1) is 28.8 Å². The number of fused-ring (bicyclic) bond motifs is 1. The van der Waals surface area contributed by atoms with Crippen LogP contribution in [0.15, 0.2) is 79.0 Å². The molecule has 31 heavy (non-hydrogen) atoms. The molecule has 0 aliphatic heterocycles. The first-order chi connectivity index (χ1) is 15.1. The number of carboxylic acid groups (broad SMARTS) is 1. The molecular weight excluding hydrogens is 386 g/mol. The van der Waals surface area contributed by atoms with Crippen LogP contribution in [0.25, 0.3) is 22.6 Å². The molecule has 0 amide bonds. The largest absolute Gasteiger partial charge is 0.478 e. The van der Waals surface area contributed by atoms with E-state index < -0.39 is 5.97 Å². The molecule has 1 aromatic heterocycles. The van der Waals surface area contributed by atoms with Gasteiger partial charge in [-0.2, -0.15) is 10.5 Å². The Kier molecular flexibility index (Phi) is 5.34. The summed E-state index contributed by atoms with van der Waals surface area (Å²) in [6, 6.07) is 26.1. The highest BCUT2D eigenvalue weighted by Crippen LogP contribution is 2.27. The van der Waals surface area contributed by atoms with E-state index >= 15 is 0 Å². The Hall–Kier alpha value is -4.61. The van der Waals surface area contributed by atoms with E-state index in [0.29, 0.717) is 23.2 Å². The van der Waals surface area contributed by atoms with E-state index in [2.05, 4.69) is 16.7 Å². The van der Waals surface area contributed by atoms with E-state index in [4.69, 9.17) is 5.11 Å². The number of benzene rings is 3. The van der Waals surface area contributed by atoms with Gasteiger partial charge in [-0.15, -0.1) is 0 Å². The number of hydrogen-bond donors (Lipinski definition) is 1. The zero-order valence-corrected chi connectivity index (χ0v) is 16.5. The van der Waals surface area contributed by atoms with Crippen molar-refractivity contribution in [1.29, 1.82) is 10.5 Å². The van der Waals surface area contributed by atoms with Crippen molar-refractivity contribution in [2.24, 2.45) is 0 Å². The Morgan fingerprint density at radius 3 is 2.32 bits per heavy atom. The maximum Gasteiger partial charge on any atom is 0.335 e. The molecule has 0 bridgehead atoms. The lowest BCUT2D eigenvalue weighted by Gasteiger charge is -2.07. The molecule has 0 atom stereocenters. The van der Waals surface area contributed by atoms with Gasteiger partial charge in [0.2, 0.25) is 0 Å². The lowest BCUT2D eigenvalue weighted by atomic mass is 10.0. The molecule has 1 heterocycles. The van der Waals surface area contributed by atoms with Gasteiger partial charge < -0.3 is 9.67 Å². The number of nitrogens with zero attached hydrogens (tertiary/aromatic N) is 3. The standard InChI is InChI=1S/C26H17N3O2/c27-14-20-5-1-2-6-21(20)16-29-17-23(24-7-3-4-8-25(24)29)13-22(15-28)18-9-11-19(12-10-18)26(30)31/h1-13,17H,16H2,(H,30,31)/b22-13-. The second-order valence-electron chi connectivity index (χ2n) is 7.05. The molecule has 0 radical (unpaired) electrons. The fourth-order valence-corrected chi connectivity index (χ4v) is 3.60. The van der Waals surface area contributed by atoms with Crippen LogP contribution in [0.5, 0.6) is 0 Å². The molecule has 0 spiro atoms. The quantitative estimate of drug-likeness (QED) is 0.457. The van der Waals surface area contributed by atoms with Gasteiger partial charge >= 0.3 is 5.97 Å². The first-order valence-electron chi connectivity index (χ1n) is 9.62. The normalized spacial score (nSPS) is 11.1. The van der Waals surface area contributed by atoms with E-state index in [9.17, 15) is 15.3 Å². The van der Waals surface area contributed by atoms with Crippen molar-refractivity contribution in [2.75, 3.05) is 0 Å². The van der Waals surface area contributed by atoms with Gasteiger partial charge in [0.15, 0.2) is 0 Å². The maximum absolute atomic E-state index is 11.1. The van der Waals surface area contributed by atoms with Gasteiger partial charge in [0.1, 0.15) is 0 Å². The molecule has 5 nitrogen and oxygen atoms in total. The second kappa shape index (κ2) is 8.41. The van der Waals surface area contributed by atoms with Crippen LogP contribution in [-0.2, 0) is 6.54 Å². The maximum atomic E-state index is 11.1. The molecule has 0 unspecified atom stereocenters. The van der Waals surface area contributed by atoms with Gasteiger partial charge in [-0.05, 0) is 41.5 Å². The van der Waals surface area contributed by atoms with Crippen molar-refractivity contribution in [3.05, 3.63) is 107 Å². The number of aromatic nitrogens is 1. The van der Waals surface area contributed by atoms with Crippen LogP contribution in [0.3, 0.4) is 0 Å². The fraction of sp³-hybridized carbons (Fsp3) is 0.0385. The number of nitriles is 2. The fourth-order valence-electron chi connectivity index (χ4n) is 3.60. The van der Waals surface area contributed by atoms with E-state index in [-0.39, 0.29) is 5.56 Å². The van der Waals surface area contributed by atoms with Gasteiger partial charge in [0.25, 0.3) is 0 Å².